The minimum Gasteiger partial charge on any atom is -0.488 e. The minimum atomic E-state index is 0.384. The van der Waals surface area contributed by atoms with Gasteiger partial charge in [0.1, 0.15) is 12.4 Å². The Morgan fingerprint density at radius 1 is 1.21 bits per heavy atom. The van der Waals surface area contributed by atoms with Crippen molar-refractivity contribution in [1.29, 1.82) is 0 Å². The summed E-state index contributed by atoms with van der Waals surface area (Å²) in [6.45, 7) is 3.08. The van der Waals surface area contributed by atoms with E-state index in [2.05, 4.69) is 30.9 Å². The largest absolute Gasteiger partial charge is 0.488 e. The molecule has 2 nitrogen and oxygen atoms in total. The summed E-state index contributed by atoms with van der Waals surface area (Å²) in [6, 6.07) is 10.2. The number of hydrogen-bond acceptors (Lipinski definition) is 3. The van der Waals surface area contributed by atoms with Gasteiger partial charge in [0.15, 0.2) is 0 Å². The van der Waals surface area contributed by atoms with E-state index in [9.17, 15) is 0 Å². The van der Waals surface area contributed by atoms with Crippen molar-refractivity contribution in [3.8, 4) is 17.6 Å². The van der Waals surface area contributed by atoms with Crippen molar-refractivity contribution in [1.82, 2.24) is 0 Å². The Hall–Kier alpha value is -1.76. The van der Waals surface area contributed by atoms with Crippen LogP contribution in [0, 0.1) is 11.8 Å². The van der Waals surface area contributed by atoms with E-state index in [0.717, 1.165) is 22.6 Å². The summed E-state index contributed by atoms with van der Waals surface area (Å²) >= 11 is 1.66. The number of nitrogens with two attached hydrogens (primary N) is 1. The van der Waals surface area contributed by atoms with Gasteiger partial charge >= 0.3 is 0 Å². The van der Waals surface area contributed by atoms with Gasteiger partial charge in [-0.05, 0) is 35.6 Å². The summed E-state index contributed by atoms with van der Waals surface area (Å²) in [5, 5.41) is 2.03. The third-order valence-electron chi connectivity index (χ3n) is 2.77. The lowest BCUT2D eigenvalue weighted by Crippen LogP contribution is -1.96. The van der Waals surface area contributed by atoms with Crippen LogP contribution in [0.3, 0.4) is 0 Å². The number of benzene rings is 1. The molecular weight excluding hydrogens is 254 g/mol. The first kappa shape index (κ1) is 13.7. The van der Waals surface area contributed by atoms with Crippen LogP contribution in [0.1, 0.15) is 22.9 Å². The zero-order valence-corrected chi connectivity index (χ0v) is 11.8. The summed E-state index contributed by atoms with van der Waals surface area (Å²) in [7, 11) is 0. The van der Waals surface area contributed by atoms with Gasteiger partial charge in [-0.1, -0.05) is 30.9 Å². The Balaban J connectivity index is 2.00. The van der Waals surface area contributed by atoms with Crippen molar-refractivity contribution in [3.63, 3.8) is 0 Å². The summed E-state index contributed by atoms with van der Waals surface area (Å²) < 4.78 is 5.78. The third kappa shape index (κ3) is 3.85. The molecule has 98 valence electrons. The first-order valence-corrected chi connectivity index (χ1v) is 7.18. The zero-order chi connectivity index (χ0) is 13.5. The summed E-state index contributed by atoms with van der Waals surface area (Å²) in [4.78, 5) is 1.14. The van der Waals surface area contributed by atoms with Crippen LogP contribution in [0.5, 0.6) is 5.75 Å². The first-order valence-electron chi connectivity index (χ1n) is 6.30. The number of hydrogen-bond donors (Lipinski definition) is 1. The number of ether oxygens (including phenoxy) is 1. The lowest BCUT2D eigenvalue weighted by Gasteiger charge is -2.06. The van der Waals surface area contributed by atoms with Crippen LogP contribution in [0.2, 0.25) is 0 Å². The number of aryl methyl sites for hydroxylation is 1. The van der Waals surface area contributed by atoms with Crippen LogP contribution in [0.4, 0.5) is 0 Å². The van der Waals surface area contributed by atoms with E-state index < -0.39 is 0 Å². The topological polar surface area (TPSA) is 35.2 Å². The molecule has 2 N–H and O–H groups in total. The maximum atomic E-state index is 5.78. The molecule has 2 rings (SSSR count). The zero-order valence-electron chi connectivity index (χ0n) is 11.0. The molecule has 0 aliphatic carbocycles. The van der Waals surface area contributed by atoms with E-state index in [0.29, 0.717) is 13.2 Å². The van der Waals surface area contributed by atoms with Gasteiger partial charge in [-0.15, -0.1) is 11.3 Å². The average Bonchev–Trinajstić information content (AvgIpc) is 2.91. The van der Waals surface area contributed by atoms with E-state index in [4.69, 9.17) is 10.5 Å². The van der Waals surface area contributed by atoms with Crippen molar-refractivity contribution < 1.29 is 4.74 Å². The third-order valence-corrected chi connectivity index (χ3v) is 3.67. The van der Waals surface area contributed by atoms with Crippen molar-refractivity contribution >= 4 is 11.3 Å². The maximum Gasteiger partial charge on any atom is 0.124 e. The van der Waals surface area contributed by atoms with Crippen LogP contribution in [0.15, 0.2) is 35.7 Å². The van der Waals surface area contributed by atoms with Crippen molar-refractivity contribution in [2.75, 3.05) is 6.54 Å². The smallest absolute Gasteiger partial charge is 0.124 e. The molecule has 2 aromatic rings. The highest BCUT2D eigenvalue weighted by Crippen LogP contribution is 2.19. The number of thiophene rings is 1. The first-order chi connectivity index (χ1) is 9.33. The Morgan fingerprint density at radius 3 is 2.68 bits per heavy atom. The molecule has 0 atom stereocenters. The lowest BCUT2D eigenvalue weighted by atomic mass is 10.2. The highest BCUT2D eigenvalue weighted by Gasteiger charge is 2.03. The molecular formula is C16H17NOS. The standard InChI is InChI=1S/C16H17NOS/c1-2-13-5-7-15(8-6-13)18-12-16-14(4-3-10-17)9-11-19-16/h5-9,11H,2,10,12,17H2,1H3. The molecule has 0 aliphatic heterocycles. The second-order valence-corrected chi connectivity index (χ2v) is 5.05. The average molecular weight is 271 g/mol. The van der Waals surface area contributed by atoms with Crippen molar-refractivity contribution in [2.24, 2.45) is 5.73 Å². The van der Waals surface area contributed by atoms with Gasteiger partial charge in [-0.2, -0.15) is 0 Å². The highest BCUT2D eigenvalue weighted by atomic mass is 32.1. The quantitative estimate of drug-likeness (QED) is 0.867. The Bertz CT molecular complexity index is 575. The molecule has 0 saturated heterocycles. The second-order valence-electron chi connectivity index (χ2n) is 4.05. The molecule has 0 saturated carbocycles. The Kier molecular flexibility index (Phi) is 5.02. The molecule has 0 radical (unpaired) electrons. The Morgan fingerprint density at radius 2 is 2.00 bits per heavy atom. The van der Waals surface area contributed by atoms with Gasteiger partial charge in [0.25, 0.3) is 0 Å². The summed E-state index contributed by atoms with van der Waals surface area (Å²) in [5.74, 6) is 6.83. The lowest BCUT2D eigenvalue weighted by molar-refractivity contribution is 0.309. The molecule has 0 unspecified atom stereocenters. The normalized spacial score (nSPS) is 9.79. The fourth-order valence-electron chi connectivity index (χ4n) is 1.68. The van der Waals surface area contributed by atoms with Crippen LogP contribution in [0.25, 0.3) is 0 Å². The van der Waals surface area contributed by atoms with Crippen LogP contribution in [-0.2, 0) is 13.0 Å². The Labute approximate surface area is 118 Å². The fraction of sp³-hybridized carbons (Fsp3) is 0.250. The number of rotatable bonds is 4. The van der Waals surface area contributed by atoms with E-state index in [1.54, 1.807) is 11.3 Å². The minimum absolute atomic E-state index is 0.384. The predicted molar refractivity (Wildman–Crippen MR) is 80.4 cm³/mol. The fourth-order valence-corrected chi connectivity index (χ4v) is 2.42. The van der Waals surface area contributed by atoms with Crippen molar-refractivity contribution in [3.05, 3.63) is 51.7 Å². The molecule has 0 bridgehead atoms. The van der Waals surface area contributed by atoms with Crippen LogP contribution < -0.4 is 10.5 Å². The molecule has 0 amide bonds. The van der Waals surface area contributed by atoms with E-state index in [1.165, 1.54) is 5.56 Å². The van der Waals surface area contributed by atoms with Gasteiger partial charge in [0.05, 0.1) is 11.4 Å². The van der Waals surface area contributed by atoms with Crippen molar-refractivity contribution in [2.45, 2.75) is 20.0 Å². The predicted octanol–water partition coefficient (Wildman–Crippen LogP) is 3.20. The summed E-state index contributed by atoms with van der Waals surface area (Å²) in [5.41, 5.74) is 7.72. The molecule has 3 heteroatoms. The second kappa shape index (κ2) is 6.98. The van der Waals surface area contributed by atoms with Gasteiger partial charge in [-0.3, -0.25) is 0 Å². The van der Waals surface area contributed by atoms with E-state index in [-0.39, 0.29) is 0 Å². The van der Waals surface area contributed by atoms with E-state index in [1.807, 2.05) is 23.6 Å². The molecule has 1 aromatic carbocycles. The van der Waals surface area contributed by atoms with Gasteiger partial charge in [-0.25, -0.2) is 0 Å². The van der Waals surface area contributed by atoms with Gasteiger partial charge < -0.3 is 10.5 Å². The molecule has 0 fully saturated rings. The van der Waals surface area contributed by atoms with Gasteiger partial charge in [0, 0.05) is 5.56 Å². The molecule has 19 heavy (non-hydrogen) atoms. The van der Waals surface area contributed by atoms with Gasteiger partial charge in [0.2, 0.25) is 0 Å². The maximum absolute atomic E-state index is 5.78. The molecule has 0 spiro atoms. The molecule has 1 heterocycles. The summed E-state index contributed by atoms with van der Waals surface area (Å²) in [6.07, 6.45) is 1.05. The monoisotopic (exact) mass is 271 g/mol. The highest BCUT2D eigenvalue weighted by molar-refractivity contribution is 7.10. The SMILES string of the molecule is CCc1ccc(OCc2sccc2C#CCN)cc1. The molecule has 0 aliphatic rings. The van der Waals surface area contributed by atoms with Crippen LogP contribution in [-0.4, -0.2) is 6.54 Å². The van der Waals surface area contributed by atoms with Crippen LogP contribution >= 0.6 is 11.3 Å². The van der Waals surface area contributed by atoms with E-state index >= 15 is 0 Å². The molecule has 1 aromatic heterocycles.